The first kappa shape index (κ1) is 12.2. The van der Waals surface area contributed by atoms with Crippen LogP contribution in [-0.2, 0) is 0 Å². The summed E-state index contributed by atoms with van der Waals surface area (Å²) in [7, 11) is 0. The topological polar surface area (TPSA) is 44.0 Å². The van der Waals surface area contributed by atoms with Crippen LogP contribution in [0.15, 0.2) is 30.3 Å². The van der Waals surface area contributed by atoms with Gasteiger partial charge in [-0.25, -0.2) is 0 Å². The highest BCUT2D eigenvalue weighted by Crippen LogP contribution is 2.22. The molecule has 1 aliphatic heterocycles. The van der Waals surface area contributed by atoms with E-state index in [2.05, 4.69) is 57.7 Å². The molecule has 3 rings (SSSR count). The SMILES string of the molecule is Cc1cccc(-c2cc(N3CCCNCC3)n[nH]2)c1. The molecule has 4 heteroatoms. The molecule has 0 unspecified atom stereocenters. The van der Waals surface area contributed by atoms with Crippen molar-refractivity contribution in [3.63, 3.8) is 0 Å². The summed E-state index contributed by atoms with van der Waals surface area (Å²) in [6, 6.07) is 10.7. The number of anilines is 1. The van der Waals surface area contributed by atoms with Crippen molar-refractivity contribution in [3.8, 4) is 11.3 Å². The Morgan fingerprint density at radius 1 is 1.16 bits per heavy atom. The van der Waals surface area contributed by atoms with Crippen molar-refractivity contribution in [3.05, 3.63) is 35.9 Å². The van der Waals surface area contributed by atoms with Crippen molar-refractivity contribution in [2.75, 3.05) is 31.1 Å². The van der Waals surface area contributed by atoms with Crippen molar-refractivity contribution in [2.24, 2.45) is 0 Å². The lowest BCUT2D eigenvalue weighted by Crippen LogP contribution is -2.28. The Hall–Kier alpha value is -1.81. The van der Waals surface area contributed by atoms with Gasteiger partial charge in [-0.15, -0.1) is 0 Å². The number of rotatable bonds is 2. The molecule has 0 atom stereocenters. The fraction of sp³-hybridized carbons (Fsp3) is 0.400. The Labute approximate surface area is 113 Å². The van der Waals surface area contributed by atoms with Gasteiger partial charge < -0.3 is 10.2 Å². The van der Waals surface area contributed by atoms with Crippen LogP contribution in [0, 0.1) is 6.92 Å². The van der Waals surface area contributed by atoms with E-state index in [1.54, 1.807) is 0 Å². The van der Waals surface area contributed by atoms with Crippen molar-refractivity contribution in [1.29, 1.82) is 0 Å². The van der Waals surface area contributed by atoms with Gasteiger partial charge in [-0.1, -0.05) is 23.8 Å². The summed E-state index contributed by atoms with van der Waals surface area (Å²) >= 11 is 0. The number of nitrogens with zero attached hydrogens (tertiary/aromatic N) is 2. The first-order chi connectivity index (χ1) is 9.33. The normalized spacial score (nSPS) is 16.4. The number of aromatic amines is 1. The number of hydrogen-bond donors (Lipinski definition) is 2. The molecule has 0 spiro atoms. The zero-order valence-electron chi connectivity index (χ0n) is 11.3. The highest BCUT2D eigenvalue weighted by atomic mass is 15.3. The summed E-state index contributed by atoms with van der Waals surface area (Å²) in [5.41, 5.74) is 3.57. The maximum absolute atomic E-state index is 4.46. The third-order valence-corrected chi connectivity index (χ3v) is 3.56. The van der Waals surface area contributed by atoms with Gasteiger partial charge in [-0.05, 0) is 31.5 Å². The van der Waals surface area contributed by atoms with E-state index < -0.39 is 0 Å². The molecule has 1 aromatic carbocycles. The fourth-order valence-electron chi connectivity index (χ4n) is 2.51. The maximum Gasteiger partial charge on any atom is 0.151 e. The molecule has 1 fully saturated rings. The van der Waals surface area contributed by atoms with Gasteiger partial charge in [0.25, 0.3) is 0 Å². The Morgan fingerprint density at radius 2 is 2.11 bits per heavy atom. The highest BCUT2D eigenvalue weighted by Gasteiger charge is 2.13. The summed E-state index contributed by atoms with van der Waals surface area (Å²) in [4.78, 5) is 2.34. The standard InChI is InChI=1S/C15H20N4/c1-12-4-2-5-13(10-12)14-11-15(18-17-14)19-8-3-6-16-7-9-19/h2,4-5,10-11,16H,3,6-9H2,1H3,(H,17,18). The lowest BCUT2D eigenvalue weighted by atomic mass is 10.1. The van der Waals surface area contributed by atoms with Crippen LogP contribution in [0.5, 0.6) is 0 Å². The van der Waals surface area contributed by atoms with E-state index in [1.165, 1.54) is 17.5 Å². The Balaban J connectivity index is 1.82. The highest BCUT2D eigenvalue weighted by molar-refractivity contribution is 5.63. The second kappa shape index (κ2) is 5.45. The summed E-state index contributed by atoms with van der Waals surface area (Å²) in [5.74, 6) is 1.06. The van der Waals surface area contributed by atoms with Gasteiger partial charge in [0, 0.05) is 25.7 Å². The summed E-state index contributed by atoms with van der Waals surface area (Å²) in [6.07, 6.45) is 1.17. The Bertz CT molecular complexity index is 539. The molecule has 1 saturated heterocycles. The van der Waals surface area contributed by atoms with Crippen molar-refractivity contribution >= 4 is 5.82 Å². The average Bonchev–Trinajstić information content (AvgIpc) is 2.75. The Morgan fingerprint density at radius 3 is 3.00 bits per heavy atom. The summed E-state index contributed by atoms with van der Waals surface area (Å²) < 4.78 is 0. The smallest absolute Gasteiger partial charge is 0.151 e. The van der Waals surface area contributed by atoms with E-state index >= 15 is 0 Å². The minimum atomic E-state index is 1.03. The van der Waals surface area contributed by atoms with Gasteiger partial charge in [-0.3, -0.25) is 5.10 Å². The zero-order valence-corrected chi connectivity index (χ0v) is 11.3. The van der Waals surface area contributed by atoms with E-state index in [0.717, 1.165) is 37.7 Å². The number of benzene rings is 1. The van der Waals surface area contributed by atoms with E-state index in [9.17, 15) is 0 Å². The van der Waals surface area contributed by atoms with E-state index in [-0.39, 0.29) is 0 Å². The number of nitrogens with one attached hydrogen (secondary N) is 2. The van der Waals surface area contributed by atoms with Gasteiger partial charge >= 0.3 is 0 Å². The maximum atomic E-state index is 4.46. The number of aromatic nitrogens is 2. The number of aryl methyl sites for hydroxylation is 1. The van der Waals surface area contributed by atoms with Crippen LogP contribution >= 0.6 is 0 Å². The van der Waals surface area contributed by atoms with Crippen molar-refractivity contribution in [1.82, 2.24) is 15.5 Å². The van der Waals surface area contributed by atoms with Crippen LogP contribution in [0.1, 0.15) is 12.0 Å². The first-order valence-electron chi connectivity index (χ1n) is 6.91. The van der Waals surface area contributed by atoms with E-state index in [1.807, 2.05) is 0 Å². The molecule has 0 aliphatic carbocycles. The van der Waals surface area contributed by atoms with Crippen LogP contribution in [0.2, 0.25) is 0 Å². The molecule has 19 heavy (non-hydrogen) atoms. The molecule has 100 valence electrons. The van der Waals surface area contributed by atoms with Gasteiger partial charge in [0.1, 0.15) is 0 Å². The van der Waals surface area contributed by atoms with Crippen LogP contribution < -0.4 is 10.2 Å². The molecule has 0 saturated carbocycles. The average molecular weight is 256 g/mol. The minimum Gasteiger partial charge on any atom is -0.354 e. The second-order valence-electron chi connectivity index (χ2n) is 5.10. The molecule has 2 aromatic rings. The molecule has 0 bridgehead atoms. The lowest BCUT2D eigenvalue weighted by Gasteiger charge is -2.18. The van der Waals surface area contributed by atoms with Crippen molar-refractivity contribution < 1.29 is 0 Å². The van der Waals surface area contributed by atoms with Crippen molar-refractivity contribution in [2.45, 2.75) is 13.3 Å². The van der Waals surface area contributed by atoms with Crippen LogP contribution in [0.25, 0.3) is 11.3 Å². The quantitative estimate of drug-likeness (QED) is 0.865. The molecule has 2 heterocycles. The number of H-pyrrole nitrogens is 1. The van der Waals surface area contributed by atoms with Gasteiger partial charge in [0.2, 0.25) is 0 Å². The van der Waals surface area contributed by atoms with Gasteiger partial charge in [0.15, 0.2) is 5.82 Å². The summed E-state index contributed by atoms with van der Waals surface area (Å²) in [5, 5.41) is 11.0. The second-order valence-corrected chi connectivity index (χ2v) is 5.10. The number of hydrogen-bond acceptors (Lipinski definition) is 3. The van der Waals surface area contributed by atoms with Gasteiger partial charge in [-0.2, -0.15) is 5.10 Å². The fourth-order valence-corrected chi connectivity index (χ4v) is 2.51. The van der Waals surface area contributed by atoms with Crippen LogP contribution in [0.3, 0.4) is 0 Å². The van der Waals surface area contributed by atoms with Gasteiger partial charge in [0.05, 0.1) is 5.69 Å². The summed E-state index contributed by atoms with van der Waals surface area (Å²) in [6.45, 7) is 6.35. The molecule has 1 aromatic heterocycles. The molecule has 0 radical (unpaired) electrons. The van der Waals surface area contributed by atoms with E-state index in [4.69, 9.17) is 0 Å². The van der Waals surface area contributed by atoms with Crippen LogP contribution in [0.4, 0.5) is 5.82 Å². The molecule has 4 nitrogen and oxygen atoms in total. The third-order valence-electron chi connectivity index (χ3n) is 3.56. The lowest BCUT2D eigenvalue weighted by molar-refractivity contribution is 0.724. The molecular formula is C15H20N4. The first-order valence-corrected chi connectivity index (χ1v) is 6.91. The minimum absolute atomic E-state index is 1.03. The van der Waals surface area contributed by atoms with E-state index in [0.29, 0.717) is 0 Å². The predicted octanol–water partition coefficient (Wildman–Crippen LogP) is 2.18. The molecule has 2 N–H and O–H groups in total. The van der Waals surface area contributed by atoms with Crippen LogP contribution in [-0.4, -0.2) is 36.4 Å². The monoisotopic (exact) mass is 256 g/mol. The molecular weight excluding hydrogens is 236 g/mol. The molecule has 1 aliphatic rings. The zero-order chi connectivity index (χ0) is 13.1. The molecule has 0 amide bonds. The Kier molecular flexibility index (Phi) is 3.51. The predicted molar refractivity (Wildman–Crippen MR) is 78.5 cm³/mol. The largest absolute Gasteiger partial charge is 0.354 e. The third kappa shape index (κ3) is 2.79.